The number of ether oxygens (including phenoxy) is 5. The summed E-state index contributed by atoms with van der Waals surface area (Å²) in [5.41, 5.74) is -0.533. The highest BCUT2D eigenvalue weighted by Gasteiger charge is 2.52. The first-order chi connectivity index (χ1) is 15.4. The molecule has 2 aliphatic heterocycles. The molecule has 2 aromatic carbocycles. The van der Waals surface area contributed by atoms with Crippen LogP contribution in [0.5, 0.6) is 5.75 Å². The molecule has 2 aromatic rings. The second kappa shape index (κ2) is 9.14. The van der Waals surface area contributed by atoms with Crippen LogP contribution in [0.4, 0.5) is 11.4 Å². The summed E-state index contributed by atoms with van der Waals surface area (Å²) in [5, 5.41) is 33.8. The van der Waals surface area contributed by atoms with E-state index in [2.05, 4.69) is 0 Å². The van der Waals surface area contributed by atoms with Gasteiger partial charge in [0.25, 0.3) is 5.75 Å². The van der Waals surface area contributed by atoms with E-state index in [4.69, 9.17) is 23.7 Å². The lowest BCUT2D eigenvalue weighted by Crippen LogP contribution is -2.63. The normalized spacial score (nSPS) is 29.7. The summed E-state index contributed by atoms with van der Waals surface area (Å²) < 4.78 is 28.3. The highest BCUT2D eigenvalue weighted by atomic mass is 16.8. The lowest BCUT2D eigenvalue weighted by atomic mass is 9.97. The van der Waals surface area contributed by atoms with Gasteiger partial charge >= 0.3 is 11.4 Å². The van der Waals surface area contributed by atoms with Crippen molar-refractivity contribution in [2.75, 3.05) is 13.7 Å². The third kappa shape index (κ3) is 4.13. The Balaban J connectivity index is 1.70. The summed E-state index contributed by atoms with van der Waals surface area (Å²) in [6.07, 6.45) is -6.45. The molecule has 2 aliphatic rings. The minimum atomic E-state index is -1.46. The fourth-order valence-corrected chi connectivity index (χ4v) is 3.73. The zero-order chi connectivity index (χ0) is 22.8. The maximum atomic E-state index is 11.5. The van der Waals surface area contributed by atoms with Crippen molar-refractivity contribution in [1.82, 2.24) is 0 Å². The molecule has 0 amide bonds. The monoisotopic (exact) mass is 448 g/mol. The van der Waals surface area contributed by atoms with Gasteiger partial charge < -0.3 is 28.8 Å². The molecule has 0 aromatic heterocycles. The fraction of sp³-hybridized carbons (Fsp3) is 0.400. The molecule has 0 spiro atoms. The number of hydrogen-bond acceptors (Lipinski definition) is 10. The van der Waals surface area contributed by atoms with E-state index >= 15 is 0 Å². The highest BCUT2D eigenvalue weighted by molar-refractivity contribution is 5.59. The number of benzene rings is 2. The molecule has 1 unspecified atom stereocenters. The molecule has 170 valence electrons. The van der Waals surface area contributed by atoms with Gasteiger partial charge in [0, 0.05) is 24.8 Å². The Labute approximate surface area is 181 Å². The maximum Gasteiger partial charge on any atom is 0.318 e. The predicted octanol–water partition coefficient (Wildman–Crippen LogP) is 2.10. The number of nitro benzene ring substituents is 2. The van der Waals surface area contributed by atoms with Gasteiger partial charge in [-0.15, -0.1) is 0 Å². The maximum absolute atomic E-state index is 11.5. The smallest absolute Gasteiger partial charge is 0.318 e. The van der Waals surface area contributed by atoms with Crippen LogP contribution in [0, 0.1) is 20.2 Å². The molecule has 2 saturated heterocycles. The third-order valence-electron chi connectivity index (χ3n) is 5.23. The highest BCUT2D eigenvalue weighted by Crippen LogP contribution is 2.41. The van der Waals surface area contributed by atoms with E-state index in [0.717, 1.165) is 12.1 Å². The number of fused-ring (bicyclic) bond motifs is 1. The molecule has 0 saturated carbocycles. The van der Waals surface area contributed by atoms with Crippen molar-refractivity contribution < 1.29 is 38.6 Å². The van der Waals surface area contributed by atoms with Gasteiger partial charge in [-0.05, 0) is 6.07 Å². The third-order valence-corrected chi connectivity index (χ3v) is 5.23. The second-order valence-corrected chi connectivity index (χ2v) is 7.17. The molecule has 12 nitrogen and oxygen atoms in total. The Morgan fingerprint density at radius 3 is 2.25 bits per heavy atom. The number of aliphatic hydroxyl groups is 1. The standard InChI is InChI=1S/C20H20N2O10/c1-28-20-15(23)18(31-16-12(21(24)25)8-5-9-13(16)22(26)27)17-14(30-20)10-29-19(32-17)11-6-3-2-4-7-11/h2-9,14-15,17-20,23H,10H2,1H3/t14-,15-,17-,18-,19?,20+/m1/s1. The number of para-hydroxylation sites is 1. The zero-order valence-corrected chi connectivity index (χ0v) is 16.8. The average molecular weight is 448 g/mol. The summed E-state index contributed by atoms with van der Waals surface area (Å²) >= 11 is 0. The van der Waals surface area contributed by atoms with Crippen molar-refractivity contribution in [2.45, 2.75) is 37.0 Å². The van der Waals surface area contributed by atoms with E-state index in [-0.39, 0.29) is 6.61 Å². The number of rotatable bonds is 6. The van der Waals surface area contributed by atoms with Gasteiger partial charge in [0.05, 0.1) is 16.5 Å². The van der Waals surface area contributed by atoms with Gasteiger partial charge in [-0.3, -0.25) is 20.2 Å². The van der Waals surface area contributed by atoms with E-state index in [9.17, 15) is 25.3 Å². The van der Waals surface area contributed by atoms with Crippen LogP contribution < -0.4 is 4.74 Å². The van der Waals surface area contributed by atoms with Gasteiger partial charge in [-0.2, -0.15) is 0 Å². The Morgan fingerprint density at radius 2 is 1.66 bits per heavy atom. The van der Waals surface area contributed by atoms with Gasteiger partial charge in [-0.25, -0.2) is 0 Å². The largest absolute Gasteiger partial charge is 0.473 e. The molecule has 4 rings (SSSR count). The van der Waals surface area contributed by atoms with Gasteiger partial charge in [0.2, 0.25) is 0 Å². The molecule has 2 heterocycles. The molecule has 0 radical (unpaired) electrons. The van der Waals surface area contributed by atoms with Gasteiger partial charge in [0.1, 0.15) is 18.3 Å². The van der Waals surface area contributed by atoms with Crippen LogP contribution in [0.15, 0.2) is 48.5 Å². The van der Waals surface area contributed by atoms with E-state index in [1.807, 2.05) is 6.07 Å². The first kappa shape index (κ1) is 22.0. The molecule has 0 bridgehead atoms. The summed E-state index contributed by atoms with van der Waals surface area (Å²) in [6.45, 7) is 0.0512. The number of nitrogens with zero attached hydrogens (tertiary/aromatic N) is 2. The van der Waals surface area contributed by atoms with Crippen molar-refractivity contribution in [3.05, 3.63) is 74.3 Å². The van der Waals surface area contributed by atoms with Crippen LogP contribution >= 0.6 is 0 Å². The number of hydrogen-bond donors (Lipinski definition) is 1. The molecule has 6 atom stereocenters. The molecule has 2 fully saturated rings. The molecule has 12 heteroatoms. The first-order valence-electron chi connectivity index (χ1n) is 9.67. The van der Waals surface area contributed by atoms with Crippen LogP contribution in [0.2, 0.25) is 0 Å². The Kier molecular flexibility index (Phi) is 6.30. The fourth-order valence-electron chi connectivity index (χ4n) is 3.73. The summed E-state index contributed by atoms with van der Waals surface area (Å²) in [6, 6.07) is 12.3. The topological polar surface area (TPSA) is 153 Å². The lowest BCUT2D eigenvalue weighted by Gasteiger charge is -2.47. The number of aliphatic hydroxyl groups excluding tert-OH is 1. The molecule has 32 heavy (non-hydrogen) atoms. The van der Waals surface area contributed by atoms with Crippen molar-refractivity contribution in [3.8, 4) is 5.75 Å². The van der Waals surface area contributed by atoms with Crippen LogP contribution in [0.1, 0.15) is 11.9 Å². The summed E-state index contributed by atoms with van der Waals surface area (Å²) in [7, 11) is 1.30. The number of nitro groups is 2. The van der Waals surface area contributed by atoms with Crippen LogP contribution in [-0.4, -0.2) is 59.4 Å². The lowest BCUT2D eigenvalue weighted by molar-refractivity contribution is -0.398. The van der Waals surface area contributed by atoms with Crippen molar-refractivity contribution in [1.29, 1.82) is 0 Å². The van der Waals surface area contributed by atoms with E-state index in [0.29, 0.717) is 5.56 Å². The minimum Gasteiger partial charge on any atom is -0.473 e. The molecular weight excluding hydrogens is 428 g/mol. The van der Waals surface area contributed by atoms with Crippen LogP contribution in [-0.2, 0) is 18.9 Å². The summed E-state index contributed by atoms with van der Waals surface area (Å²) in [4.78, 5) is 21.4. The van der Waals surface area contributed by atoms with E-state index in [1.165, 1.54) is 13.2 Å². The van der Waals surface area contributed by atoms with Crippen LogP contribution in [0.3, 0.4) is 0 Å². The first-order valence-corrected chi connectivity index (χ1v) is 9.67. The average Bonchev–Trinajstić information content (AvgIpc) is 2.80. The second-order valence-electron chi connectivity index (χ2n) is 7.17. The Hall–Kier alpha value is -3.16. The summed E-state index contributed by atoms with van der Waals surface area (Å²) in [5.74, 6) is -0.589. The molecule has 0 aliphatic carbocycles. The van der Waals surface area contributed by atoms with Gasteiger partial charge in [-0.1, -0.05) is 30.3 Å². The van der Waals surface area contributed by atoms with Gasteiger partial charge in [0.15, 0.2) is 18.7 Å². The quantitative estimate of drug-likeness (QED) is 0.513. The SMILES string of the molecule is CO[C@H]1O[C@@H]2COC(c3ccccc3)O[C@H]2[C@H](Oc2c([N+](=O)[O-])cccc2[N+](=O)[O-])[C@H]1O. The van der Waals surface area contributed by atoms with Crippen molar-refractivity contribution in [3.63, 3.8) is 0 Å². The molecule has 1 N–H and O–H groups in total. The van der Waals surface area contributed by atoms with Crippen LogP contribution in [0.25, 0.3) is 0 Å². The Bertz CT molecular complexity index is 955. The van der Waals surface area contributed by atoms with E-state index in [1.54, 1.807) is 24.3 Å². The van der Waals surface area contributed by atoms with Crippen molar-refractivity contribution in [2.24, 2.45) is 0 Å². The molecular formula is C20H20N2O10. The zero-order valence-electron chi connectivity index (χ0n) is 16.8. The van der Waals surface area contributed by atoms with E-state index < -0.39 is 64.0 Å². The Morgan fingerprint density at radius 1 is 1.00 bits per heavy atom. The minimum absolute atomic E-state index is 0.0512. The van der Waals surface area contributed by atoms with Crippen molar-refractivity contribution >= 4 is 11.4 Å². The number of methoxy groups -OCH3 is 1. The predicted molar refractivity (Wildman–Crippen MR) is 106 cm³/mol.